The molecule has 1 aliphatic rings. The average Bonchev–Trinajstić information content (AvgIpc) is 2.67. The predicted molar refractivity (Wildman–Crippen MR) is 63.8 cm³/mol. The smallest absolute Gasteiger partial charge is 0.330 e. The number of nitrogens with zero attached hydrogens (tertiary/aromatic N) is 1. The molecule has 6 nitrogen and oxygen atoms in total. The van der Waals surface area contributed by atoms with Crippen molar-refractivity contribution in [1.29, 1.82) is 0 Å². The second-order valence-electron chi connectivity index (χ2n) is 4.11. The van der Waals surface area contributed by atoms with Crippen molar-refractivity contribution in [2.75, 3.05) is 25.1 Å². The molecule has 0 bridgehead atoms. The third-order valence-corrected chi connectivity index (χ3v) is 3.92. The Morgan fingerprint density at radius 2 is 2.12 bits per heavy atom. The molecule has 2 amide bonds. The number of aliphatic carboxylic acids is 1. The molecule has 0 aromatic carbocycles. The van der Waals surface area contributed by atoms with E-state index in [0.29, 0.717) is 12.2 Å². The molecule has 1 rings (SSSR count). The van der Waals surface area contributed by atoms with Gasteiger partial charge in [-0.15, -0.1) is 0 Å². The molecular formula is C10H16N2O4S. The first-order chi connectivity index (χ1) is 7.87. The Morgan fingerprint density at radius 3 is 2.53 bits per heavy atom. The summed E-state index contributed by atoms with van der Waals surface area (Å²) in [6.07, 6.45) is 0.419. The topological polar surface area (TPSA) is 86.7 Å². The second-order valence-corrected chi connectivity index (χ2v) is 5.22. The number of hydrogen-bond donors (Lipinski definition) is 2. The van der Waals surface area contributed by atoms with Gasteiger partial charge in [-0.05, 0) is 12.2 Å². The lowest BCUT2D eigenvalue weighted by Crippen LogP contribution is -2.56. The van der Waals surface area contributed by atoms with Crippen LogP contribution in [0.1, 0.15) is 13.3 Å². The van der Waals surface area contributed by atoms with E-state index >= 15 is 0 Å². The molecule has 1 aliphatic heterocycles. The first-order valence-electron chi connectivity index (χ1n) is 5.21. The van der Waals surface area contributed by atoms with Crippen LogP contribution in [-0.2, 0) is 14.4 Å². The fourth-order valence-electron chi connectivity index (χ4n) is 1.52. The maximum Gasteiger partial charge on any atom is 0.330 e. The maximum absolute atomic E-state index is 11.6. The van der Waals surface area contributed by atoms with E-state index in [1.807, 2.05) is 0 Å². The highest BCUT2D eigenvalue weighted by molar-refractivity contribution is 7.99. The van der Waals surface area contributed by atoms with Crippen molar-refractivity contribution in [3.8, 4) is 0 Å². The molecule has 0 aliphatic carbocycles. The number of carbonyl (C=O) groups excluding carboxylic acids is 2. The number of carboxylic acid groups (broad SMARTS) is 1. The van der Waals surface area contributed by atoms with E-state index in [4.69, 9.17) is 5.11 Å². The van der Waals surface area contributed by atoms with E-state index in [-0.39, 0.29) is 12.5 Å². The van der Waals surface area contributed by atoms with Gasteiger partial charge >= 0.3 is 5.97 Å². The summed E-state index contributed by atoms with van der Waals surface area (Å²) < 4.78 is 0. The van der Waals surface area contributed by atoms with Crippen molar-refractivity contribution in [2.45, 2.75) is 18.9 Å². The molecule has 96 valence electrons. The van der Waals surface area contributed by atoms with Crippen LogP contribution in [0.15, 0.2) is 0 Å². The zero-order valence-electron chi connectivity index (χ0n) is 9.86. The van der Waals surface area contributed by atoms with Crippen LogP contribution < -0.4 is 5.32 Å². The quantitative estimate of drug-likeness (QED) is 0.714. The lowest BCUT2D eigenvalue weighted by Gasteiger charge is -2.25. The highest BCUT2D eigenvalue weighted by Gasteiger charge is 2.43. The zero-order valence-corrected chi connectivity index (χ0v) is 10.7. The number of amides is 2. The molecule has 1 saturated heterocycles. The lowest BCUT2D eigenvalue weighted by atomic mass is 9.99. The van der Waals surface area contributed by atoms with E-state index in [0.717, 1.165) is 5.75 Å². The predicted octanol–water partition coefficient (Wildman–Crippen LogP) is -0.459. The van der Waals surface area contributed by atoms with E-state index < -0.39 is 17.4 Å². The molecule has 7 heteroatoms. The third-order valence-electron chi connectivity index (χ3n) is 2.73. The van der Waals surface area contributed by atoms with Gasteiger partial charge in [0.05, 0.1) is 6.54 Å². The molecule has 2 N–H and O–H groups in total. The third kappa shape index (κ3) is 3.36. The van der Waals surface area contributed by atoms with E-state index in [1.165, 1.54) is 30.6 Å². The number of likely N-dealkylation sites (N-methyl/N-ethyl adjacent to an activating group) is 1. The van der Waals surface area contributed by atoms with Crippen LogP contribution in [0.4, 0.5) is 0 Å². The fourth-order valence-corrected chi connectivity index (χ4v) is 2.84. The van der Waals surface area contributed by atoms with Crippen molar-refractivity contribution in [3.05, 3.63) is 0 Å². The summed E-state index contributed by atoms with van der Waals surface area (Å²) in [5, 5.41) is 11.7. The minimum Gasteiger partial charge on any atom is -0.479 e. The Hall–Kier alpha value is -1.24. The van der Waals surface area contributed by atoms with Crippen molar-refractivity contribution in [1.82, 2.24) is 10.2 Å². The molecule has 17 heavy (non-hydrogen) atoms. The molecule has 0 saturated carbocycles. The number of nitrogens with one attached hydrogen (secondary N) is 1. The number of carbonyl (C=O) groups is 3. The van der Waals surface area contributed by atoms with Gasteiger partial charge < -0.3 is 15.3 Å². The summed E-state index contributed by atoms with van der Waals surface area (Å²) in [4.78, 5) is 35.0. The zero-order chi connectivity index (χ0) is 13.1. The molecule has 0 aromatic rings. The van der Waals surface area contributed by atoms with Crippen LogP contribution in [0.5, 0.6) is 0 Å². The molecule has 0 radical (unpaired) electrons. The van der Waals surface area contributed by atoms with Crippen LogP contribution in [0, 0.1) is 0 Å². The van der Waals surface area contributed by atoms with Crippen LogP contribution in [0.2, 0.25) is 0 Å². The Morgan fingerprint density at radius 1 is 1.47 bits per heavy atom. The van der Waals surface area contributed by atoms with Gasteiger partial charge in [-0.25, -0.2) is 4.79 Å². The van der Waals surface area contributed by atoms with E-state index in [9.17, 15) is 14.4 Å². The fraction of sp³-hybridized carbons (Fsp3) is 0.700. The Labute approximate surface area is 104 Å². The minimum absolute atomic E-state index is 0.116. The summed E-state index contributed by atoms with van der Waals surface area (Å²) in [6, 6.07) is 0. The Bertz CT molecular complexity index is 339. The van der Waals surface area contributed by atoms with Gasteiger partial charge in [-0.1, -0.05) is 0 Å². The average molecular weight is 260 g/mol. The summed E-state index contributed by atoms with van der Waals surface area (Å²) >= 11 is 1.50. The second kappa shape index (κ2) is 5.39. The van der Waals surface area contributed by atoms with Crippen LogP contribution in [0.3, 0.4) is 0 Å². The summed E-state index contributed by atoms with van der Waals surface area (Å²) in [5.74, 6) is -0.591. The summed E-state index contributed by atoms with van der Waals surface area (Å²) in [7, 11) is 1.50. The number of rotatable bonds is 4. The first-order valence-corrected chi connectivity index (χ1v) is 6.37. The first kappa shape index (κ1) is 13.8. The van der Waals surface area contributed by atoms with Gasteiger partial charge in [-0.2, -0.15) is 11.8 Å². The molecule has 0 spiro atoms. The monoisotopic (exact) mass is 260 g/mol. The van der Waals surface area contributed by atoms with Crippen LogP contribution in [-0.4, -0.2) is 58.4 Å². The van der Waals surface area contributed by atoms with Gasteiger partial charge in [0.2, 0.25) is 11.8 Å². The maximum atomic E-state index is 11.6. The van der Waals surface area contributed by atoms with Gasteiger partial charge in [0, 0.05) is 19.7 Å². The normalized spacial score (nSPS) is 23.2. The molecule has 1 fully saturated rings. The lowest BCUT2D eigenvalue weighted by molar-refractivity contribution is -0.146. The standard InChI is InChI=1S/C10H16N2O4S/c1-7(13)12(2)5-8(14)11-10(9(15)16)3-4-17-6-10/h3-6H2,1-2H3,(H,11,14)(H,15,16). The molecule has 0 aromatic heterocycles. The van der Waals surface area contributed by atoms with Crippen molar-refractivity contribution >= 4 is 29.5 Å². The van der Waals surface area contributed by atoms with E-state index in [2.05, 4.69) is 5.32 Å². The van der Waals surface area contributed by atoms with Crippen molar-refractivity contribution < 1.29 is 19.5 Å². The van der Waals surface area contributed by atoms with Crippen molar-refractivity contribution in [3.63, 3.8) is 0 Å². The van der Waals surface area contributed by atoms with Crippen molar-refractivity contribution in [2.24, 2.45) is 0 Å². The molecular weight excluding hydrogens is 244 g/mol. The van der Waals surface area contributed by atoms with Gasteiger partial charge in [0.25, 0.3) is 0 Å². The van der Waals surface area contributed by atoms with Crippen LogP contribution >= 0.6 is 11.8 Å². The molecule has 1 heterocycles. The van der Waals surface area contributed by atoms with E-state index in [1.54, 1.807) is 0 Å². The highest BCUT2D eigenvalue weighted by Crippen LogP contribution is 2.28. The largest absolute Gasteiger partial charge is 0.479 e. The molecule has 1 atom stereocenters. The minimum atomic E-state index is -1.17. The van der Waals surface area contributed by atoms with Crippen LogP contribution in [0.25, 0.3) is 0 Å². The highest BCUT2D eigenvalue weighted by atomic mass is 32.2. The summed E-state index contributed by atoms with van der Waals surface area (Å²) in [6.45, 7) is 1.24. The Kier molecular flexibility index (Phi) is 4.39. The van der Waals surface area contributed by atoms with Gasteiger partial charge in [-0.3, -0.25) is 9.59 Å². The van der Waals surface area contributed by atoms with Gasteiger partial charge in [0.1, 0.15) is 5.54 Å². The Balaban J connectivity index is 2.60. The number of carboxylic acids is 1. The number of thioether (sulfide) groups is 1. The number of hydrogen-bond acceptors (Lipinski definition) is 4. The SMILES string of the molecule is CC(=O)N(C)CC(=O)NC1(C(=O)O)CCSC1. The van der Waals surface area contributed by atoms with Gasteiger partial charge in [0.15, 0.2) is 0 Å². The molecule has 1 unspecified atom stereocenters. The summed E-state index contributed by atoms with van der Waals surface area (Å²) in [5.41, 5.74) is -1.17.